The standard InChI is InChI=1S/C6H9NO5/c8-3-1-2-7(6(11)12)4(3)5(9)10/h3-4,8H,1-2H2,(H,9,10)(H,11,12)/t3-,4-/m1/s1. The second-order valence-corrected chi connectivity index (χ2v) is 2.62. The van der Waals surface area contributed by atoms with Gasteiger partial charge in [0.25, 0.3) is 0 Å². The lowest BCUT2D eigenvalue weighted by molar-refractivity contribution is -0.144. The number of carboxylic acid groups (broad SMARTS) is 2. The molecule has 0 radical (unpaired) electrons. The Hall–Kier alpha value is -1.30. The number of nitrogens with zero attached hydrogens (tertiary/aromatic N) is 1. The molecule has 0 aromatic rings. The molecular formula is C6H9NO5. The molecule has 0 aromatic carbocycles. The van der Waals surface area contributed by atoms with Crippen LogP contribution in [0.1, 0.15) is 6.42 Å². The Balaban J connectivity index is 2.77. The molecule has 1 aliphatic rings. The molecule has 0 saturated carbocycles. The number of rotatable bonds is 1. The summed E-state index contributed by atoms with van der Waals surface area (Å²) in [6.07, 6.45) is -2.21. The smallest absolute Gasteiger partial charge is 0.408 e. The van der Waals surface area contributed by atoms with Gasteiger partial charge in [0.05, 0.1) is 6.10 Å². The summed E-state index contributed by atoms with van der Waals surface area (Å²) in [4.78, 5) is 21.6. The number of carboxylic acids is 1. The van der Waals surface area contributed by atoms with Crippen LogP contribution in [-0.4, -0.2) is 51.0 Å². The minimum absolute atomic E-state index is 0.0769. The summed E-state index contributed by atoms with van der Waals surface area (Å²) in [7, 11) is 0. The normalized spacial score (nSPS) is 28.9. The zero-order valence-corrected chi connectivity index (χ0v) is 6.17. The predicted molar refractivity (Wildman–Crippen MR) is 36.8 cm³/mol. The van der Waals surface area contributed by atoms with Crippen LogP contribution in [0.25, 0.3) is 0 Å². The van der Waals surface area contributed by atoms with Crippen LogP contribution in [-0.2, 0) is 4.79 Å². The molecule has 68 valence electrons. The van der Waals surface area contributed by atoms with Crippen molar-refractivity contribution >= 4 is 12.1 Å². The number of amides is 1. The van der Waals surface area contributed by atoms with E-state index in [9.17, 15) is 9.59 Å². The molecule has 1 fully saturated rings. The van der Waals surface area contributed by atoms with Gasteiger partial charge in [0.1, 0.15) is 0 Å². The number of likely N-dealkylation sites (tertiary alicyclic amines) is 1. The summed E-state index contributed by atoms with van der Waals surface area (Å²) in [5.41, 5.74) is 0. The van der Waals surface area contributed by atoms with Crippen molar-refractivity contribution in [3.63, 3.8) is 0 Å². The van der Waals surface area contributed by atoms with E-state index in [1.54, 1.807) is 0 Å². The largest absolute Gasteiger partial charge is 0.480 e. The van der Waals surface area contributed by atoms with Gasteiger partial charge in [-0.2, -0.15) is 0 Å². The van der Waals surface area contributed by atoms with E-state index < -0.39 is 24.2 Å². The Labute approximate surface area is 68.0 Å². The zero-order chi connectivity index (χ0) is 9.30. The minimum Gasteiger partial charge on any atom is -0.480 e. The van der Waals surface area contributed by atoms with Crippen molar-refractivity contribution in [2.75, 3.05) is 6.54 Å². The summed E-state index contributed by atoms with van der Waals surface area (Å²) in [5, 5.41) is 26.1. The van der Waals surface area contributed by atoms with Crippen molar-refractivity contribution in [3.05, 3.63) is 0 Å². The third-order valence-corrected chi connectivity index (χ3v) is 1.86. The Morgan fingerprint density at radius 3 is 2.25 bits per heavy atom. The van der Waals surface area contributed by atoms with Crippen LogP contribution in [0.2, 0.25) is 0 Å². The summed E-state index contributed by atoms with van der Waals surface area (Å²) in [6.45, 7) is 0.0769. The third-order valence-electron chi connectivity index (χ3n) is 1.86. The number of hydrogen-bond donors (Lipinski definition) is 3. The number of aliphatic carboxylic acids is 1. The first-order chi connectivity index (χ1) is 5.54. The van der Waals surface area contributed by atoms with E-state index in [0.29, 0.717) is 0 Å². The maximum Gasteiger partial charge on any atom is 0.408 e. The van der Waals surface area contributed by atoms with Crippen molar-refractivity contribution in [2.24, 2.45) is 0 Å². The second kappa shape index (κ2) is 2.98. The van der Waals surface area contributed by atoms with Gasteiger partial charge in [0.2, 0.25) is 0 Å². The minimum atomic E-state index is -1.31. The molecule has 0 spiro atoms. The van der Waals surface area contributed by atoms with E-state index in [4.69, 9.17) is 15.3 Å². The maximum atomic E-state index is 10.5. The fourth-order valence-electron chi connectivity index (χ4n) is 1.29. The highest BCUT2D eigenvalue weighted by molar-refractivity contribution is 5.80. The molecule has 1 aliphatic heterocycles. The molecule has 0 bridgehead atoms. The Morgan fingerprint density at radius 2 is 1.92 bits per heavy atom. The van der Waals surface area contributed by atoms with Crippen LogP contribution in [0.3, 0.4) is 0 Å². The van der Waals surface area contributed by atoms with Gasteiger partial charge in [-0.1, -0.05) is 0 Å². The van der Waals surface area contributed by atoms with Gasteiger partial charge in [-0.15, -0.1) is 0 Å². The molecule has 0 aromatic heterocycles. The first-order valence-corrected chi connectivity index (χ1v) is 3.44. The molecule has 3 N–H and O–H groups in total. The van der Waals surface area contributed by atoms with E-state index in [-0.39, 0.29) is 13.0 Å². The van der Waals surface area contributed by atoms with E-state index in [1.807, 2.05) is 0 Å². The van der Waals surface area contributed by atoms with Crippen LogP contribution in [0, 0.1) is 0 Å². The molecule has 0 unspecified atom stereocenters. The van der Waals surface area contributed by atoms with Crippen LogP contribution in [0.5, 0.6) is 0 Å². The highest BCUT2D eigenvalue weighted by Gasteiger charge is 2.41. The first-order valence-electron chi connectivity index (χ1n) is 3.44. The number of aliphatic hydroxyl groups is 1. The molecule has 6 nitrogen and oxygen atoms in total. The number of carbonyl (C=O) groups is 2. The average Bonchev–Trinajstić information content (AvgIpc) is 2.30. The maximum absolute atomic E-state index is 10.5. The molecular weight excluding hydrogens is 166 g/mol. The van der Waals surface area contributed by atoms with E-state index in [0.717, 1.165) is 4.90 Å². The monoisotopic (exact) mass is 175 g/mol. The molecule has 2 atom stereocenters. The summed E-state index contributed by atoms with van der Waals surface area (Å²) >= 11 is 0. The lowest BCUT2D eigenvalue weighted by Gasteiger charge is -2.18. The molecule has 1 saturated heterocycles. The molecule has 1 rings (SSSR count). The van der Waals surface area contributed by atoms with Gasteiger partial charge in [-0.05, 0) is 6.42 Å². The van der Waals surface area contributed by atoms with E-state index >= 15 is 0 Å². The third kappa shape index (κ3) is 1.33. The summed E-state index contributed by atoms with van der Waals surface area (Å²) in [5.74, 6) is -1.30. The summed E-state index contributed by atoms with van der Waals surface area (Å²) < 4.78 is 0. The molecule has 1 amide bonds. The van der Waals surface area contributed by atoms with Gasteiger partial charge in [0, 0.05) is 6.54 Å². The Morgan fingerprint density at radius 1 is 1.33 bits per heavy atom. The molecule has 12 heavy (non-hydrogen) atoms. The topological polar surface area (TPSA) is 98.1 Å². The quantitative estimate of drug-likeness (QED) is 0.484. The van der Waals surface area contributed by atoms with E-state index in [1.165, 1.54) is 0 Å². The van der Waals surface area contributed by atoms with Crippen molar-refractivity contribution in [1.29, 1.82) is 0 Å². The fraction of sp³-hybridized carbons (Fsp3) is 0.667. The van der Waals surface area contributed by atoms with Gasteiger partial charge in [0.15, 0.2) is 6.04 Å². The van der Waals surface area contributed by atoms with Crippen molar-refractivity contribution < 1.29 is 24.9 Å². The number of hydrogen-bond acceptors (Lipinski definition) is 3. The molecule has 1 heterocycles. The Bertz CT molecular complexity index is 216. The average molecular weight is 175 g/mol. The first kappa shape index (κ1) is 8.79. The predicted octanol–water partition coefficient (Wildman–Crippen LogP) is -0.816. The second-order valence-electron chi connectivity index (χ2n) is 2.62. The van der Waals surface area contributed by atoms with Gasteiger partial charge in [-0.3, -0.25) is 4.90 Å². The van der Waals surface area contributed by atoms with Gasteiger partial charge >= 0.3 is 12.1 Å². The van der Waals surface area contributed by atoms with Gasteiger partial charge < -0.3 is 15.3 Å². The number of aliphatic hydroxyl groups excluding tert-OH is 1. The van der Waals surface area contributed by atoms with Crippen LogP contribution in [0.4, 0.5) is 4.79 Å². The Kier molecular flexibility index (Phi) is 2.18. The van der Waals surface area contributed by atoms with Crippen LogP contribution >= 0.6 is 0 Å². The van der Waals surface area contributed by atoms with Crippen molar-refractivity contribution in [3.8, 4) is 0 Å². The molecule has 6 heteroatoms. The van der Waals surface area contributed by atoms with Gasteiger partial charge in [-0.25, -0.2) is 9.59 Å². The highest BCUT2D eigenvalue weighted by atomic mass is 16.4. The van der Waals surface area contributed by atoms with Crippen LogP contribution < -0.4 is 0 Å². The SMILES string of the molecule is O=C(O)[C@H]1[C@H](O)CCN1C(=O)O. The van der Waals surface area contributed by atoms with E-state index in [2.05, 4.69) is 0 Å². The van der Waals surface area contributed by atoms with Crippen molar-refractivity contribution in [2.45, 2.75) is 18.6 Å². The highest BCUT2D eigenvalue weighted by Crippen LogP contribution is 2.17. The molecule has 0 aliphatic carbocycles. The van der Waals surface area contributed by atoms with Crippen molar-refractivity contribution in [1.82, 2.24) is 4.90 Å². The zero-order valence-electron chi connectivity index (χ0n) is 6.17. The lowest BCUT2D eigenvalue weighted by atomic mass is 10.2. The fourth-order valence-corrected chi connectivity index (χ4v) is 1.29. The summed E-state index contributed by atoms with van der Waals surface area (Å²) in [6, 6.07) is -1.30. The van der Waals surface area contributed by atoms with Crippen LogP contribution in [0.15, 0.2) is 0 Å². The lowest BCUT2D eigenvalue weighted by Crippen LogP contribution is -2.44.